The predicted octanol–water partition coefficient (Wildman–Crippen LogP) is 6.55. The summed E-state index contributed by atoms with van der Waals surface area (Å²) in [5.74, 6) is 0.925. The van der Waals surface area contributed by atoms with Crippen LogP contribution in [0.3, 0.4) is 0 Å². The molecule has 1 unspecified atom stereocenters. The number of halogens is 1. The van der Waals surface area contributed by atoms with Crippen molar-refractivity contribution in [3.63, 3.8) is 0 Å². The molecule has 2 aromatic carbocycles. The summed E-state index contributed by atoms with van der Waals surface area (Å²) < 4.78 is 28.7. The van der Waals surface area contributed by atoms with Gasteiger partial charge < -0.3 is 14.8 Å². The maximum atomic E-state index is 15.0. The van der Waals surface area contributed by atoms with Crippen LogP contribution in [-0.2, 0) is 5.41 Å². The monoisotopic (exact) mass is 574 g/mol. The van der Waals surface area contributed by atoms with Gasteiger partial charge in [-0.05, 0) is 63.2 Å². The van der Waals surface area contributed by atoms with E-state index >= 15 is 0 Å². The molecule has 1 atom stereocenters. The molecule has 1 aromatic heterocycles. The van der Waals surface area contributed by atoms with Crippen LogP contribution in [0.5, 0.6) is 11.5 Å². The number of ether oxygens (including phenoxy) is 2. The van der Waals surface area contributed by atoms with E-state index in [9.17, 15) is 9.18 Å². The molecule has 0 aliphatic carbocycles. The minimum absolute atomic E-state index is 0.0289. The first-order valence-corrected chi connectivity index (χ1v) is 14.4. The highest BCUT2D eigenvalue weighted by Crippen LogP contribution is 2.29. The number of hydrogen-bond acceptors (Lipinski definition) is 6. The van der Waals surface area contributed by atoms with Crippen molar-refractivity contribution in [1.82, 2.24) is 14.7 Å². The largest absolute Gasteiger partial charge is 0.492 e. The minimum atomic E-state index is -0.611. The van der Waals surface area contributed by atoms with E-state index < -0.39 is 17.4 Å². The standard InChI is InChI=1S/C32H39FN6O3/c1-31(2,3)28-22-29(39(37-28)23-8-7-9-24(20-23)41-19-18-38-16-5-6-17-38)36-30(40)35-27-11-10-25(21-26(27)33)42-32(4)12-14-34-15-13-32/h7-12,14-15,20-22H,5-6,13,16-19H2,1-4H3,(H2,35,36,40). The Balaban J connectivity index is 1.28. The molecule has 1 saturated heterocycles. The molecule has 10 heteroatoms. The molecule has 2 aliphatic heterocycles. The molecule has 42 heavy (non-hydrogen) atoms. The van der Waals surface area contributed by atoms with Crippen LogP contribution in [0.2, 0.25) is 0 Å². The normalized spacial score (nSPS) is 18.7. The molecule has 5 rings (SSSR count). The van der Waals surface area contributed by atoms with Crippen LogP contribution in [0.25, 0.3) is 5.69 Å². The Morgan fingerprint density at radius 2 is 1.88 bits per heavy atom. The molecule has 222 valence electrons. The summed E-state index contributed by atoms with van der Waals surface area (Å²) in [6.45, 7) is 11.8. The number of benzene rings is 2. The molecule has 2 N–H and O–H groups in total. The Hall–Kier alpha value is -4.18. The van der Waals surface area contributed by atoms with Gasteiger partial charge >= 0.3 is 6.03 Å². The van der Waals surface area contributed by atoms with Crippen LogP contribution in [0.15, 0.2) is 65.8 Å². The van der Waals surface area contributed by atoms with Crippen molar-refractivity contribution in [3.8, 4) is 17.2 Å². The first-order valence-electron chi connectivity index (χ1n) is 14.4. The quantitative estimate of drug-likeness (QED) is 0.302. The van der Waals surface area contributed by atoms with Crippen LogP contribution >= 0.6 is 0 Å². The Labute approximate surface area is 246 Å². The number of aliphatic imine (C=N–C) groups is 1. The van der Waals surface area contributed by atoms with Gasteiger partial charge in [-0.1, -0.05) is 26.8 Å². The van der Waals surface area contributed by atoms with Gasteiger partial charge in [-0.2, -0.15) is 5.10 Å². The van der Waals surface area contributed by atoms with E-state index in [0.29, 0.717) is 24.6 Å². The van der Waals surface area contributed by atoms with E-state index in [4.69, 9.17) is 14.6 Å². The van der Waals surface area contributed by atoms with E-state index in [2.05, 4.69) is 41.3 Å². The highest BCUT2D eigenvalue weighted by molar-refractivity contribution is 5.99. The summed E-state index contributed by atoms with van der Waals surface area (Å²) in [5, 5.41) is 10.2. The van der Waals surface area contributed by atoms with Crippen molar-refractivity contribution >= 4 is 23.8 Å². The van der Waals surface area contributed by atoms with Gasteiger partial charge in [-0.15, -0.1) is 0 Å². The Morgan fingerprint density at radius 1 is 1.07 bits per heavy atom. The van der Waals surface area contributed by atoms with Crippen molar-refractivity contribution in [3.05, 3.63) is 72.3 Å². The summed E-state index contributed by atoms with van der Waals surface area (Å²) in [4.78, 5) is 19.5. The summed E-state index contributed by atoms with van der Waals surface area (Å²) in [6, 6.07) is 13.2. The topological polar surface area (TPSA) is 93.0 Å². The van der Waals surface area contributed by atoms with E-state index in [1.807, 2.05) is 43.3 Å². The number of anilines is 2. The van der Waals surface area contributed by atoms with E-state index in [1.165, 1.54) is 25.0 Å². The van der Waals surface area contributed by atoms with Gasteiger partial charge in [0, 0.05) is 49.0 Å². The number of rotatable bonds is 9. The maximum absolute atomic E-state index is 15.0. The molecular weight excluding hydrogens is 535 g/mol. The lowest BCUT2D eigenvalue weighted by Crippen LogP contribution is -2.31. The van der Waals surface area contributed by atoms with Gasteiger partial charge in [0.15, 0.2) is 0 Å². The van der Waals surface area contributed by atoms with Crippen LogP contribution < -0.4 is 20.1 Å². The highest BCUT2D eigenvalue weighted by atomic mass is 19.1. The number of aromatic nitrogens is 2. The van der Waals surface area contributed by atoms with E-state index in [0.717, 1.165) is 36.8 Å². The second-order valence-electron chi connectivity index (χ2n) is 12.0. The lowest BCUT2D eigenvalue weighted by Gasteiger charge is -2.27. The SMILES string of the molecule is CC1(Oc2ccc(NC(=O)Nc3cc(C(C)(C)C)nn3-c3cccc(OCCN4CCCC4)c3)c(F)c2)C=CN=CC1. The average molecular weight is 575 g/mol. The fourth-order valence-electron chi connectivity index (χ4n) is 4.88. The number of likely N-dealkylation sites (tertiary alicyclic amines) is 1. The molecule has 9 nitrogen and oxygen atoms in total. The summed E-state index contributed by atoms with van der Waals surface area (Å²) in [5.41, 5.74) is 0.685. The van der Waals surface area contributed by atoms with Crippen molar-refractivity contribution in [2.45, 2.75) is 58.0 Å². The molecule has 0 bridgehead atoms. The molecule has 0 saturated carbocycles. The van der Waals surface area contributed by atoms with Gasteiger partial charge in [-0.25, -0.2) is 13.9 Å². The zero-order valence-corrected chi connectivity index (χ0v) is 24.7. The van der Waals surface area contributed by atoms with Crippen molar-refractivity contribution in [2.24, 2.45) is 4.99 Å². The van der Waals surface area contributed by atoms with Gasteiger partial charge in [0.25, 0.3) is 0 Å². The van der Waals surface area contributed by atoms with Crippen LogP contribution in [-0.4, -0.2) is 58.8 Å². The first kappa shape index (κ1) is 29.3. The number of urea groups is 1. The van der Waals surface area contributed by atoms with Crippen LogP contribution in [0, 0.1) is 5.82 Å². The summed E-state index contributed by atoms with van der Waals surface area (Å²) in [6.07, 6.45) is 8.31. The maximum Gasteiger partial charge on any atom is 0.324 e. The molecule has 0 radical (unpaired) electrons. The average Bonchev–Trinajstić information content (AvgIpc) is 3.61. The number of nitrogens with zero attached hydrogens (tertiary/aromatic N) is 4. The second kappa shape index (κ2) is 12.4. The smallest absolute Gasteiger partial charge is 0.324 e. The molecule has 3 aromatic rings. The lowest BCUT2D eigenvalue weighted by atomic mass is 9.92. The van der Waals surface area contributed by atoms with E-state index in [-0.39, 0.29) is 11.1 Å². The Kier molecular flexibility index (Phi) is 8.63. The summed E-state index contributed by atoms with van der Waals surface area (Å²) in [7, 11) is 0. The number of nitrogens with one attached hydrogen (secondary N) is 2. The number of hydrogen-bond donors (Lipinski definition) is 2. The zero-order valence-electron chi connectivity index (χ0n) is 24.7. The highest BCUT2D eigenvalue weighted by Gasteiger charge is 2.25. The van der Waals surface area contributed by atoms with Crippen molar-refractivity contribution < 1.29 is 18.7 Å². The van der Waals surface area contributed by atoms with Gasteiger partial charge in [0.2, 0.25) is 0 Å². The summed E-state index contributed by atoms with van der Waals surface area (Å²) >= 11 is 0. The molecule has 2 amide bonds. The molecule has 0 spiro atoms. The molecule has 2 aliphatic rings. The number of amides is 2. The fraction of sp³-hybridized carbons (Fsp3) is 0.406. The molecule has 3 heterocycles. The Morgan fingerprint density at radius 3 is 2.60 bits per heavy atom. The van der Waals surface area contributed by atoms with Crippen molar-refractivity contribution in [2.75, 3.05) is 36.9 Å². The predicted molar refractivity (Wildman–Crippen MR) is 164 cm³/mol. The molecule has 1 fully saturated rings. The number of carbonyl (C=O) groups excluding carboxylic acids is 1. The lowest BCUT2D eigenvalue weighted by molar-refractivity contribution is 0.148. The van der Waals surface area contributed by atoms with Crippen molar-refractivity contribution in [1.29, 1.82) is 0 Å². The third-order valence-electron chi connectivity index (χ3n) is 7.31. The van der Waals surface area contributed by atoms with Gasteiger partial charge in [0.05, 0.1) is 17.1 Å². The third kappa shape index (κ3) is 7.36. The number of carbonyl (C=O) groups is 1. The minimum Gasteiger partial charge on any atom is -0.492 e. The van der Waals surface area contributed by atoms with Gasteiger partial charge in [-0.3, -0.25) is 15.2 Å². The Bertz CT molecular complexity index is 1470. The third-order valence-corrected chi connectivity index (χ3v) is 7.31. The fourth-order valence-corrected chi connectivity index (χ4v) is 4.88. The van der Waals surface area contributed by atoms with Crippen LogP contribution in [0.1, 0.15) is 52.7 Å². The van der Waals surface area contributed by atoms with Crippen LogP contribution in [0.4, 0.5) is 20.7 Å². The first-order chi connectivity index (χ1) is 20.1. The zero-order chi connectivity index (χ0) is 29.7. The second-order valence-corrected chi connectivity index (χ2v) is 12.0. The van der Waals surface area contributed by atoms with E-state index in [1.54, 1.807) is 23.2 Å². The molecular formula is C32H39FN6O3. The van der Waals surface area contributed by atoms with Gasteiger partial charge in [0.1, 0.15) is 35.3 Å².